The van der Waals surface area contributed by atoms with Crippen LogP contribution in [0.5, 0.6) is 0 Å². The summed E-state index contributed by atoms with van der Waals surface area (Å²) in [5.74, 6) is 1.68. The highest BCUT2D eigenvalue weighted by Gasteiger charge is 2.12. The number of hydrogen-bond donors (Lipinski definition) is 2. The van der Waals surface area contributed by atoms with Gasteiger partial charge in [-0.15, -0.1) is 0 Å². The molecule has 2 heterocycles. The van der Waals surface area contributed by atoms with Gasteiger partial charge in [-0.3, -0.25) is 0 Å². The molecule has 3 rings (SSSR count). The zero-order chi connectivity index (χ0) is 16.2. The summed E-state index contributed by atoms with van der Waals surface area (Å²) >= 11 is 0. The fourth-order valence-electron chi connectivity index (χ4n) is 2.18. The van der Waals surface area contributed by atoms with Crippen molar-refractivity contribution in [3.8, 4) is 22.8 Å². The highest BCUT2D eigenvalue weighted by molar-refractivity contribution is 5.62. The van der Waals surface area contributed by atoms with Gasteiger partial charge in [0.2, 0.25) is 5.82 Å². The average Bonchev–Trinajstić information content (AvgIpc) is 3.05. The number of anilines is 1. The van der Waals surface area contributed by atoms with Gasteiger partial charge in [0, 0.05) is 17.8 Å². The molecule has 0 fully saturated rings. The molecule has 0 aliphatic carbocycles. The molecule has 2 N–H and O–H groups in total. The Morgan fingerprint density at radius 1 is 1.22 bits per heavy atom. The fourth-order valence-corrected chi connectivity index (χ4v) is 2.18. The molecule has 3 aromatic rings. The summed E-state index contributed by atoms with van der Waals surface area (Å²) in [5.41, 5.74) is 2.79. The third-order valence-electron chi connectivity index (χ3n) is 3.49. The maximum atomic E-state index is 9.04. The van der Waals surface area contributed by atoms with E-state index in [1.54, 1.807) is 6.20 Å². The molecule has 0 aliphatic heterocycles. The second kappa shape index (κ2) is 6.58. The predicted octanol–water partition coefficient (Wildman–Crippen LogP) is 2.90. The summed E-state index contributed by atoms with van der Waals surface area (Å²) in [6, 6.07) is 11.5. The minimum Gasteiger partial charge on any atom is -0.394 e. The number of aryl methyl sites for hydroxylation is 1. The van der Waals surface area contributed by atoms with E-state index in [4.69, 9.17) is 9.63 Å². The molecular formula is C17H18N4O2. The van der Waals surface area contributed by atoms with Gasteiger partial charge in [-0.05, 0) is 31.5 Å². The van der Waals surface area contributed by atoms with Crippen molar-refractivity contribution in [2.24, 2.45) is 0 Å². The lowest BCUT2D eigenvalue weighted by Crippen LogP contribution is -2.19. The van der Waals surface area contributed by atoms with Gasteiger partial charge < -0.3 is 14.9 Å². The third-order valence-corrected chi connectivity index (χ3v) is 3.49. The van der Waals surface area contributed by atoms with Crippen LogP contribution >= 0.6 is 0 Å². The van der Waals surface area contributed by atoms with E-state index in [-0.39, 0.29) is 12.6 Å². The SMILES string of the molecule is Cc1ccccc1-c1noc(-c2ccc(NC(C)CO)nc2)n1. The molecule has 0 saturated heterocycles. The molecule has 0 spiro atoms. The smallest absolute Gasteiger partial charge is 0.259 e. The van der Waals surface area contributed by atoms with Gasteiger partial charge in [0.1, 0.15) is 5.82 Å². The summed E-state index contributed by atoms with van der Waals surface area (Å²) in [7, 11) is 0. The fraction of sp³-hybridized carbons (Fsp3) is 0.235. The van der Waals surface area contributed by atoms with Crippen LogP contribution in [0, 0.1) is 6.92 Å². The lowest BCUT2D eigenvalue weighted by atomic mass is 10.1. The van der Waals surface area contributed by atoms with Gasteiger partial charge >= 0.3 is 0 Å². The van der Waals surface area contributed by atoms with Gasteiger partial charge in [-0.1, -0.05) is 29.4 Å². The largest absolute Gasteiger partial charge is 0.394 e. The molecule has 1 unspecified atom stereocenters. The summed E-state index contributed by atoms with van der Waals surface area (Å²) in [5, 5.41) is 16.2. The molecule has 118 valence electrons. The lowest BCUT2D eigenvalue weighted by Gasteiger charge is -2.10. The first kappa shape index (κ1) is 15.2. The highest BCUT2D eigenvalue weighted by atomic mass is 16.5. The molecule has 1 aromatic carbocycles. The van der Waals surface area contributed by atoms with Crippen LogP contribution in [0.2, 0.25) is 0 Å². The number of nitrogens with zero attached hydrogens (tertiary/aromatic N) is 3. The minimum atomic E-state index is -0.0515. The third kappa shape index (κ3) is 3.37. The number of rotatable bonds is 5. The molecular weight excluding hydrogens is 292 g/mol. The van der Waals surface area contributed by atoms with Crippen molar-refractivity contribution in [2.45, 2.75) is 19.9 Å². The van der Waals surface area contributed by atoms with Crippen molar-refractivity contribution in [1.82, 2.24) is 15.1 Å². The maximum Gasteiger partial charge on any atom is 0.259 e. The van der Waals surface area contributed by atoms with Crippen molar-refractivity contribution in [3.05, 3.63) is 48.2 Å². The normalized spacial score (nSPS) is 12.1. The molecule has 23 heavy (non-hydrogen) atoms. The van der Waals surface area contributed by atoms with Crippen LogP contribution in [0.4, 0.5) is 5.82 Å². The Bertz CT molecular complexity index is 783. The van der Waals surface area contributed by atoms with Crippen LogP contribution in [0.15, 0.2) is 47.1 Å². The Balaban J connectivity index is 1.82. The van der Waals surface area contributed by atoms with Gasteiger partial charge in [0.05, 0.1) is 12.2 Å². The summed E-state index contributed by atoms with van der Waals surface area (Å²) < 4.78 is 5.34. The standard InChI is InChI=1S/C17H18N4O2/c1-11-5-3-4-6-14(11)16-20-17(23-21-16)13-7-8-15(18-9-13)19-12(2)10-22/h3-9,12,22H,10H2,1-2H3,(H,18,19). The number of aliphatic hydroxyl groups is 1. The zero-order valence-corrected chi connectivity index (χ0v) is 13.0. The van der Waals surface area contributed by atoms with Crippen molar-refractivity contribution < 1.29 is 9.63 Å². The van der Waals surface area contributed by atoms with Crippen LogP contribution in [-0.2, 0) is 0 Å². The van der Waals surface area contributed by atoms with Crippen LogP contribution in [0.25, 0.3) is 22.8 Å². The second-order valence-corrected chi connectivity index (χ2v) is 5.40. The van der Waals surface area contributed by atoms with Crippen LogP contribution < -0.4 is 5.32 Å². The molecule has 0 saturated carbocycles. The van der Waals surface area contributed by atoms with Crippen LogP contribution in [0.3, 0.4) is 0 Å². The number of nitrogens with one attached hydrogen (secondary N) is 1. The topological polar surface area (TPSA) is 84.1 Å². The first-order valence-corrected chi connectivity index (χ1v) is 7.41. The Kier molecular flexibility index (Phi) is 4.34. The van der Waals surface area contributed by atoms with Crippen LogP contribution in [-0.4, -0.2) is 32.9 Å². The van der Waals surface area contributed by atoms with Crippen molar-refractivity contribution in [2.75, 3.05) is 11.9 Å². The quantitative estimate of drug-likeness (QED) is 0.754. The zero-order valence-electron chi connectivity index (χ0n) is 13.0. The Morgan fingerprint density at radius 2 is 2.04 bits per heavy atom. The predicted molar refractivity (Wildman–Crippen MR) is 87.9 cm³/mol. The van der Waals surface area contributed by atoms with E-state index < -0.39 is 0 Å². The number of pyridine rings is 1. The van der Waals surface area contributed by atoms with Crippen molar-refractivity contribution >= 4 is 5.82 Å². The minimum absolute atomic E-state index is 0.0485. The van der Waals surface area contributed by atoms with Gasteiger partial charge in [0.25, 0.3) is 5.89 Å². The van der Waals surface area contributed by atoms with Crippen molar-refractivity contribution in [1.29, 1.82) is 0 Å². The van der Waals surface area contributed by atoms with Crippen LogP contribution in [0.1, 0.15) is 12.5 Å². The van der Waals surface area contributed by atoms with Gasteiger partial charge in [-0.2, -0.15) is 4.98 Å². The number of hydrogen-bond acceptors (Lipinski definition) is 6. The molecule has 0 bridgehead atoms. The molecule has 0 radical (unpaired) electrons. The lowest BCUT2D eigenvalue weighted by molar-refractivity contribution is 0.281. The van der Waals surface area contributed by atoms with E-state index in [0.717, 1.165) is 16.7 Å². The summed E-state index contributed by atoms with van der Waals surface area (Å²) in [6.45, 7) is 3.94. The maximum absolute atomic E-state index is 9.04. The van der Waals surface area contributed by atoms with E-state index in [1.807, 2.05) is 50.2 Å². The number of aliphatic hydroxyl groups excluding tert-OH is 1. The number of benzene rings is 1. The number of aromatic nitrogens is 3. The van der Waals surface area contributed by atoms with E-state index in [1.165, 1.54) is 0 Å². The first-order valence-electron chi connectivity index (χ1n) is 7.41. The molecule has 6 nitrogen and oxygen atoms in total. The van der Waals surface area contributed by atoms with E-state index in [2.05, 4.69) is 20.4 Å². The highest BCUT2D eigenvalue weighted by Crippen LogP contribution is 2.24. The Labute approximate surface area is 134 Å². The summed E-state index contributed by atoms with van der Waals surface area (Å²) in [4.78, 5) is 8.73. The Hall–Kier alpha value is -2.73. The first-order chi connectivity index (χ1) is 11.2. The second-order valence-electron chi connectivity index (χ2n) is 5.40. The summed E-state index contributed by atoms with van der Waals surface area (Å²) in [6.07, 6.45) is 1.67. The van der Waals surface area contributed by atoms with E-state index in [9.17, 15) is 0 Å². The molecule has 6 heteroatoms. The molecule has 0 aliphatic rings. The van der Waals surface area contributed by atoms with E-state index in [0.29, 0.717) is 17.5 Å². The molecule has 1 atom stereocenters. The average molecular weight is 310 g/mol. The Morgan fingerprint density at radius 3 is 2.74 bits per heavy atom. The van der Waals surface area contributed by atoms with Gasteiger partial charge in [-0.25, -0.2) is 4.98 Å². The molecule has 0 amide bonds. The van der Waals surface area contributed by atoms with Crippen molar-refractivity contribution in [3.63, 3.8) is 0 Å². The molecule has 2 aromatic heterocycles. The van der Waals surface area contributed by atoms with E-state index >= 15 is 0 Å². The monoisotopic (exact) mass is 310 g/mol. The van der Waals surface area contributed by atoms with Gasteiger partial charge in [0.15, 0.2) is 0 Å².